The van der Waals surface area contributed by atoms with Gasteiger partial charge in [0, 0.05) is 30.1 Å². The molecule has 2 atom stereocenters. The summed E-state index contributed by atoms with van der Waals surface area (Å²) in [4.78, 5) is 14.7. The van der Waals surface area contributed by atoms with Gasteiger partial charge in [-0.05, 0) is 33.5 Å². The summed E-state index contributed by atoms with van der Waals surface area (Å²) < 4.78 is 5.39. The van der Waals surface area contributed by atoms with E-state index in [0.717, 1.165) is 0 Å². The molecule has 1 aromatic rings. The van der Waals surface area contributed by atoms with Gasteiger partial charge in [-0.2, -0.15) is 10.5 Å². The van der Waals surface area contributed by atoms with Crippen LogP contribution in [-0.2, 0) is 9.53 Å². The molecule has 1 aromatic carbocycles. The lowest BCUT2D eigenvalue weighted by Gasteiger charge is -2.29. The monoisotopic (exact) mass is 372 g/mol. The number of carbonyl (C=O) groups excluding carboxylic acids is 1. The van der Waals surface area contributed by atoms with E-state index in [1.807, 2.05) is 19.0 Å². The minimum absolute atomic E-state index is 0.0963. The Bertz CT molecular complexity index is 821. The van der Waals surface area contributed by atoms with Crippen LogP contribution in [0.5, 0.6) is 0 Å². The van der Waals surface area contributed by atoms with Crippen LogP contribution in [-0.4, -0.2) is 43.3 Å². The van der Waals surface area contributed by atoms with Crippen molar-refractivity contribution in [3.05, 3.63) is 57.6 Å². The second kappa shape index (κ2) is 8.79. The summed E-state index contributed by atoms with van der Waals surface area (Å²) >= 11 is 0. The lowest BCUT2D eigenvalue weighted by atomic mass is 9.81. The van der Waals surface area contributed by atoms with E-state index in [4.69, 9.17) is 4.74 Å². The maximum Gasteiger partial charge on any atom is 0.336 e. The summed E-state index contributed by atoms with van der Waals surface area (Å²) in [5.74, 6) is -1.20. The van der Waals surface area contributed by atoms with Crippen LogP contribution in [0.15, 0.2) is 46.8 Å². The van der Waals surface area contributed by atoms with Gasteiger partial charge >= 0.3 is 5.97 Å². The number of hydrogen-bond acceptors (Lipinski definition) is 7. The molecule has 0 fully saturated rings. The lowest BCUT2D eigenvalue weighted by molar-refractivity contribution is -0.991. The van der Waals surface area contributed by atoms with Crippen molar-refractivity contribution < 1.29 is 20.0 Å². The summed E-state index contributed by atoms with van der Waals surface area (Å²) in [5.41, 5.74) is 2.56. The van der Waals surface area contributed by atoms with Crippen LogP contribution in [0.25, 0.3) is 0 Å². The third-order valence-electron chi connectivity index (χ3n) is 4.34. The molecule has 0 aromatic heterocycles. The lowest BCUT2D eigenvalue weighted by Crippen LogP contribution is -2.99. The van der Waals surface area contributed by atoms with Crippen molar-refractivity contribution in [3.63, 3.8) is 0 Å². The third kappa shape index (κ3) is 4.72. The van der Waals surface area contributed by atoms with Gasteiger partial charge in [-0.15, -0.1) is 0 Å². The Balaban J connectivity index is 2.46. The smallest absolute Gasteiger partial charge is 0.336 e. The van der Waals surface area contributed by atoms with Gasteiger partial charge in [0.05, 0.1) is 23.1 Å². The van der Waals surface area contributed by atoms with Crippen molar-refractivity contribution in [2.45, 2.75) is 19.8 Å². The standard InChI is InChI=1S/C19H24N4O4/c1-12-16(11-20)18(14-6-5-7-15(10-14)23(25)26)17(13(2)21-12)19(24)27-9-8-22(3)4/h5-7,10,18,21,23,25H,8-9H2,1-4H3/t18-/m1/s1. The topological polar surface area (TPSA) is 113 Å². The normalized spacial score (nSPS) is 18.2. The van der Waals surface area contributed by atoms with E-state index >= 15 is 0 Å². The summed E-state index contributed by atoms with van der Waals surface area (Å²) in [6.45, 7) is 4.29. The number of nitriles is 1. The van der Waals surface area contributed by atoms with Gasteiger partial charge in [-0.1, -0.05) is 12.1 Å². The zero-order valence-corrected chi connectivity index (χ0v) is 15.9. The number of quaternary nitrogens is 1. The van der Waals surface area contributed by atoms with Gasteiger partial charge in [-0.25, -0.2) is 10.0 Å². The predicted molar refractivity (Wildman–Crippen MR) is 98.6 cm³/mol. The number of nitrogens with zero attached hydrogens (tertiary/aromatic N) is 2. The molecule has 0 aliphatic carbocycles. The fourth-order valence-corrected chi connectivity index (χ4v) is 3.00. The summed E-state index contributed by atoms with van der Waals surface area (Å²) in [5, 5.41) is 32.3. The Labute approximate surface area is 158 Å². The molecule has 0 saturated heterocycles. The van der Waals surface area contributed by atoms with Crippen molar-refractivity contribution in [3.8, 4) is 6.07 Å². The Morgan fingerprint density at radius 3 is 2.70 bits per heavy atom. The molecule has 2 rings (SSSR count). The maximum absolute atomic E-state index is 12.8. The van der Waals surface area contributed by atoms with Gasteiger partial charge < -0.3 is 20.2 Å². The summed E-state index contributed by atoms with van der Waals surface area (Å²) in [6.07, 6.45) is 0. The average Bonchev–Trinajstić information content (AvgIpc) is 2.60. The van der Waals surface area contributed by atoms with Crippen LogP contribution < -0.4 is 10.5 Å². The van der Waals surface area contributed by atoms with Crippen LogP contribution >= 0.6 is 0 Å². The van der Waals surface area contributed by atoms with Crippen molar-refractivity contribution in [2.24, 2.45) is 0 Å². The fraction of sp³-hybridized carbons (Fsp3) is 0.368. The van der Waals surface area contributed by atoms with E-state index < -0.39 is 17.1 Å². The molecule has 0 bridgehead atoms. The van der Waals surface area contributed by atoms with Gasteiger partial charge in [0.15, 0.2) is 5.69 Å². The van der Waals surface area contributed by atoms with E-state index in [1.165, 1.54) is 12.1 Å². The molecular weight excluding hydrogens is 348 g/mol. The molecule has 3 N–H and O–H groups in total. The van der Waals surface area contributed by atoms with E-state index in [0.29, 0.717) is 34.6 Å². The molecule has 1 unspecified atom stereocenters. The molecule has 8 nitrogen and oxygen atoms in total. The molecule has 27 heavy (non-hydrogen) atoms. The second-order valence-corrected chi connectivity index (χ2v) is 6.62. The third-order valence-corrected chi connectivity index (χ3v) is 4.34. The minimum Gasteiger partial charge on any atom is -0.595 e. The van der Waals surface area contributed by atoms with Crippen molar-refractivity contribution >= 4 is 11.7 Å². The molecule has 0 amide bonds. The van der Waals surface area contributed by atoms with Crippen LogP contribution in [0, 0.1) is 16.5 Å². The first-order valence-electron chi connectivity index (χ1n) is 8.50. The minimum atomic E-state index is -1.07. The molecule has 0 spiro atoms. The Hall–Kier alpha value is -2.70. The number of esters is 1. The van der Waals surface area contributed by atoms with E-state index in [1.54, 1.807) is 26.0 Å². The number of likely N-dealkylation sites (N-methyl/N-ethyl adjacent to an activating group) is 1. The van der Waals surface area contributed by atoms with E-state index in [-0.39, 0.29) is 12.3 Å². The highest BCUT2D eigenvalue weighted by atomic mass is 16.8. The summed E-state index contributed by atoms with van der Waals surface area (Å²) in [6, 6.07) is 8.44. The highest BCUT2D eigenvalue weighted by Crippen LogP contribution is 2.38. The molecule has 0 radical (unpaired) electrons. The van der Waals surface area contributed by atoms with Gasteiger partial charge in [0.2, 0.25) is 0 Å². The van der Waals surface area contributed by atoms with Crippen LogP contribution in [0.2, 0.25) is 0 Å². The Morgan fingerprint density at radius 2 is 2.11 bits per heavy atom. The van der Waals surface area contributed by atoms with Gasteiger partial charge in [0.1, 0.15) is 6.61 Å². The Kier molecular flexibility index (Phi) is 6.71. The number of carbonyl (C=O) groups is 1. The second-order valence-electron chi connectivity index (χ2n) is 6.62. The van der Waals surface area contributed by atoms with Crippen molar-refractivity contribution in [1.82, 2.24) is 10.2 Å². The average molecular weight is 372 g/mol. The number of benzene rings is 1. The van der Waals surface area contributed by atoms with Crippen molar-refractivity contribution in [2.75, 3.05) is 27.2 Å². The van der Waals surface area contributed by atoms with Gasteiger partial charge in [-0.3, -0.25) is 0 Å². The molecule has 0 saturated carbocycles. The summed E-state index contributed by atoms with van der Waals surface area (Å²) in [7, 11) is 3.75. The number of rotatable bonds is 6. The van der Waals surface area contributed by atoms with E-state index in [9.17, 15) is 20.5 Å². The van der Waals surface area contributed by atoms with Gasteiger partial charge in [0.25, 0.3) is 0 Å². The quantitative estimate of drug-likeness (QED) is 0.503. The first-order valence-corrected chi connectivity index (χ1v) is 8.50. The first-order chi connectivity index (χ1) is 12.8. The first kappa shape index (κ1) is 20.6. The Morgan fingerprint density at radius 1 is 1.41 bits per heavy atom. The SMILES string of the molecule is CC1=C(C#N)[C@@H](c2cccc([NH+]([O-])O)c2)C(C(=O)OCCN(C)C)=C(C)N1. The number of ether oxygens (including phenoxy) is 1. The number of hydrogen-bond donors (Lipinski definition) is 3. The molecular formula is C19H24N4O4. The highest BCUT2D eigenvalue weighted by Gasteiger charge is 2.34. The zero-order chi connectivity index (χ0) is 20.1. The molecule has 8 heteroatoms. The number of allylic oxidation sites excluding steroid dienone is 3. The molecule has 1 aliphatic heterocycles. The highest BCUT2D eigenvalue weighted by molar-refractivity contribution is 5.93. The van der Waals surface area contributed by atoms with Crippen LogP contribution in [0.3, 0.4) is 0 Å². The van der Waals surface area contributed by atoms with Crippen LogP contribution in [0.1, 0.15) is 25.3 Å². The zero-order valence-electron chi connectivity index (χ0n) is 15.9. The molecule has 1 aliphatic rings. The largest absolute Gasteiger partial charge is 0.595 e. The van der Waals surface area contributed by atoms with E-state index in [2.05, 4.69) is 11.4 Å². The van der Waals surface area contributed by atoms with Crippen molar-refractivity contribution in [1.29, 1.82) is 5.26 Å². The maximum atomic E-state index is 12.8. The fourth-order valence-electron chi connectivity index (χ4n) is 3.00. The number of nitrogens with one attached hydrogen (secondary N) is 2. The van der Waals surface area contributed by atoms with Crippen LogP contribution in [0.4, 0.5) is 5.69 Å². The molecule has 144 valence electrons. The molecule has 1 heterocycles. The predicted octanol–water partition coefficient (Wildman–Crippen LogP) is 0.953. The number of dihydropyridines is 1.